The summed E-state index contributed by atoms with van der Waals surface area (Å²) >= 11 is 0. The van der Waals surface area contributed by atoms with Gasteiger partial charge in [-0.05, 0) is 24.6 Å². The zero-order chi connectivity index (χ0) is 19.1. The summed E-state index contributed by atoms with van der Waals surface area (Å²) in [4.78, 5) is 8.38. The molecular weight excluding hydrogens is 349 g/mol. The summed E-state index contributed by atoms with van der Waals surface area (Å²) in [5, 5.41) is 21.0. The van der Waals surface area contributed by atoms with Crippen LogP contribution >= 0.6 is 0 Å². The van der Waals surface area contributed by atoms with Gasteiger partial charge >= 0.3 is 0 Å². The van der Waals surface area contributed by atoms with Crippen LogP contribution in [-0.2, 0) is 0 Å². The van der Waals surface area contributed by atoms with Crippen LogP contribution in [0.25, 0.3) is 22.3 Å². The third-order valence-electron chi connectivity index (χ3n) is 4.52. The summed E-state index contributed by atoms with van der Waals surface area (Å²) in [5.41, 5.74) is 8.39. The van der Waals surface area contributed by atoms with Gasteiger partial charge in [-0.1, -0.05) is 6.08 Å². The van der Waals surface area contributed by atoms with Crippen molar-refractivity contribution in [2.75, 3.05) is 19.3 Å². The molecule has 2 aromatic heterocycles. The minimum Gasteiger partial charge on any atom is -0.508 e. The van der Waals surface area contributed by atoms with Gasteiger partial charge in [-0.15, -0.1) is 0 Å². The summed E-state index contributed by atoms with van der Waals surface area (Å²) in [6, 6.07) is 3.59. The molecule has 138 valence electrons. The van der Waals surface area contributed by atoms with Gasteiger partial charge in [0.05, 0.1) is 24.2 Å². The van der Waals surface area contributed by atoms with E-state index in [1.165, 1.54) is 18.5 Å². The van der Waals surface area contributed by atoms with Crippen LogP contribution in [0.15, 0.2) is 41.3 Å². The summed E-state index contributed by atoms with van der Waals surface area (Å²) in [6.45, 7) is 2.66. The maximum absolute atomic E-state index is 13.8. The quantitative estimate of drug-likeness (QED) is 0.736. The number of fused-ring (bicyclic) bond motifs is 1. The smallest absolute Gasteiger partial charge is 0.164 e. The molecule has 3 N–H and O–H groups in total. The van der Waals surface area contributed by atoms with Gasteiger partial charge in [-0.25, -0.2) is 19.0 Å². The minimum atomic E-state index is -0.568. The van der Waals surface area contributed by atoms with Crippen LogP contribution in [0.4, 0.5) is 10.2 Å². The molecule has 0 saturated heterocycles. The van der Waals surface area contributed by atoms with E-state index in [0.29, 0.717) is 28.8 Å². The molecule has 1 unspecified atom stereocenters. The fourth-order valence-corrected chi connectivity index (χ4v) is 3.10. The second kappa shape index (κ2) is 6.35. The van der Waals surface area contributed by atoms with Crippen LogP contribution < -0.4 is 5.73 Å². The molecule has 0 fully saturated rings. The Labute approximate surface area is 154 Å². The molecule has 8 nitrogen and oxygen atoms in total. The van der Waals surface area contributed by atoms with Gasteiger partial charge in [-0.2, -0.15) is 10.2 Å². The Morgan fingerprint density at radius 3 is 2.78 bits per heavy atom. The van der Waals surface area contributed by atoms with Crippen molar-refractivity contribution in [1.82, 2.24) is 24.8 Å². The molecule has 1 aliphatic heterocycles. The molecule has 9 heteroatoms. The molecule has 3 heterocycles. The van der Waals surface area contributed by atoms with Crippen LogP contribution in [0.1, 0.15) is 13.0 Å². The largest absolute Gasteiger partial charge is 0.508 e. The lowest BCUT2D eigenvalue weighted by Gasteiger charge is -2.20. The van der Waals surface area contributed by atoms with Gasteiger partial charge in [0, 0.05) is 18.7 Å². The fraction of sp³-hybridized carbons (Fsp3) is 0.222. The number of hydrazone groups is 1. The fourth-order valence-electron chi connectivity index (χ4n) is 3.10. The number of halogens is 1. The second-order valence-electron chi connectivity index (χ2n) is 6.41. The number of phenolic OH excluding ortho intramolecular Hbond substituents is 1. The normalized spacial score (nSPS) is 15.2. The van der Waals surface area contributed by atoms with Crippen LogP contribution in [0.2, 0.25) is 0 Å². The number of hydrogen-bond donors (Lipinski definition) is 2. The number of likely N-dealkylation sites (N-methyl/N-ethyl adjacent to an activating group) is 1. The van der Waals surface area contributed by atoms with E-state index in [0.717, 1.165) is 11.6 Å². The standard InChI is InChI=1S/C18H18FN7O/c1-10(11-3-4-25(2)23-8-11)26-18-15(17(20)21-9-22-18)16(24-26)12-5-13(19)7-14(27)6-12/h3,5-10,27H,4H2,1-2H3,(H2,20,21,22). The Bertz CT molecular complexity index is 1070. The van der Waals surface area contributed by atoms with Gasteiger partial charge in [0.1, 0.15) is 29.4 Å². The number of nitrogens with zero attached hydrogens (tertiary/aromatic N) is 6. The van der Waals surface area contributed by atoms with Crippen LogP contribution in [-0.4, -0.2) is 49.7 Å². The number of rotatable bonds is 3. The Kier molecular flexibility index (Phi) is 3.98. The number of aromatic nitrogens is 4. The van der Waals surface area contributed by atoms with Crippen molar-refractivity contribution in [2.45, 2.75) is 13.0 Å². The highest BCUT2D eigenvalue weighted by atomic mass is 19.1. The van der Waals surface area contributed by atoms with Crippen LogP contribution in [0, 0.1) is 5.82 Å². The number of nitrogens with two attached hydrogens (primary N) is 1. The first kappa shape index (κ1) is 17.0. The third kappa shape index (κ3) is 2.97. The number of benzene rings is 1. The van der Waals surface area contributed by atoms with Gasteiger partial charge in [0.25, 0.3) is 0 Å². The lowest BCUT2D eigenvalue weighted by molar-refractivity contribution is 0.388. The maximum atomic E-state index is 13.8. The first-order chi connectivity index (χ1) is 12.9. The van der Waals surface area contributed by atoms with Crippen molar-refractivity contribution in [1.29, 1.82) is 0 Å². The minimum absolute atomic E-state index is 0.171. The molecule has 0 amide bonds. The summed E-state index contributed by atoms with van der Waals surface area (Å²) in [6.07, 6.45) is 5.20. The lowest BCUT2D eigenvalue weighted by Crippen LogP contribution is -2.20. The molecule has 0 saturated carbocycles. The average molecular weight is 367 g/mol. The monoisotopic (exact) mass is 367 g/mol. The first-order valence-corrected chi connectivity index (χ1v) is 8.38. The highest BCUT2D eigenvalue weighted by molar-refractivity contribution is 5.98. The summed E-state index contributed by atoms with van der Waals surface area (Å²) in [7, 11) is 1.89. The topological polar surface area (TPSA) is 105 Å². The van der Waals surface area contributed by atoms with E-state index in [1.807, 2.05) is 19.0 Å². The van der Waals surface area contributed by atoms with Crippen molar-refractivity contribution < 1.29 is 9.50 Å². The van der Waals surface area contributed by atoms with Crippen LogP contribution in [0.5, 0.6) is 5.75 Å². The van der Waals surface area contributed by atoms with Crippen molar-refractivity contribution >= 4 is 23.1 Å². The first-order valence-electron chi connectivity index (χ1n) is 8.38. The molecule has 1 aliphatic rings. The van der Waals surface area contributed by atoms with E-state index in [-0.39, 0.29) is 17.6 Å². The number of hydrogen-bond acceptors (Lipinski definition) is 7. The van der Waals surface area contributed by atoms with Crippen molar-refractivity contribution in [3.63, 3.8) is 0 Å². The molecule has 4 rings (SSSR count). The zero-order valence-corrected chi connectivity index (χ0v) is 14.8. The molecule has 1 atom stereocenters. The highest BCUT2D eigenvalue weighted by Crippen LogP contribution is 2.34. The Balaban J connectivity index is 1.91. The van der Waals surface area contributed by atoms with Crippen molar-refractivity contribution in [2.24, 2.45) is 5.10 Å². The Morgan fingerprint density at radius 1 is 1.26 bits per heavy atom. The van der Waals surface area contributed by atoms with E-state index in [1.54, 1.807) is 10.9 Å². The van der Waals surface area contributed by atoms with Gasteiger partial charge in [-0.3, -0.25) is 5.01 Å². The zero-order valence-electron chi connectivity index (χ0n) is 14.8. The third-order valence-corrected chi connectivity index (χ3v) is 4.52. The van der Waals surface area contributed by atoms with E-state index in [9.17, 15) is 9.50 Å². The number of allylic oxidation sites excluding steroid dienone is 1. The lowest BCUT2D eigenvalue weighted by atomic mass is 10.1. The number of phenols is 1. The highest BCUT2D eigenvalue weighted by Gasteiger charge is 2.22. The molecular formula is C18H18FN7O. The molecule has 27 heavy (non-hydrogen) atoms. The van der Waals surface area contributed by atoms with Gasteiger partial charge < -0.3 is 10.8 Å². The summed E-state index contributed by atoms with van der Waals surface area (Å²) in [5.74, 6) is -0.522. The Morgan fingerprint density at radius 2 is 2.07 bits per heavy atom. The average Bonchev–Trinajstić information content (AvgIpc) is 3.02. The van der Waals surface area contributed by atoms with E-state index < -0.39 is 5.82 Å². The number of nitrogen functional groups attached to an aromatic ring is 1. The van der Waals surface area contributed by atoms with Crippen molar-refractivity contribution in [3.8, 4) is 17.0 Å². The van der Waals surface area contributed by atoms with Gasteiger partial charge in [0.2, 0.25) is 0 Å². The predicted octanol–water partition coefficient (Wildman–Crippen LogP) is 2.34. The van der Waals surface area contributed by atoms with E-state index in [2.05, 4.69) is 26.2 Å². The molecule has 1 aromatic carbocycles. The van der Waals surface area contributed by atoms with Crippen LogP contribution in [0.3, 0.4) is 0 Å². The molecule has 3 aromatic rings. The van der Waals surface area contributed by atoms with Gasteiger partial charge in [0.15, 0.2) is 5.65 Å². The molecule has 0 spiro atoms. The predicted molar refractivity (Wildman–Crippen MR) is 101 cm³/mol. The maximum Gasteiger partial charge on any atom is 0.164 e. The van der Waals surface area contributed by atoms with Crippen molar-refractivity contribution in [3.05, 3.63) is 42.0 Å². The molecule has 0 radical (unpaired) electrons. The SMILES string of the molecule is CC(C1=CCN(C)N=C1)n1nc(-c2cc(O)cc(F)c2)c2c(N)ncnc21. The van der Waals surface area contributed by atoms with E-state index in [4.69, 9.17) is 5.73 Å². The number of anilines is 1. The Hall–Kier alpha value is -3.49. The summed E-state index contributed by atoms with van der Waals surface area (Å²) < 4.78 is 15.5. The molecule has 0 bridgehead atoms. The number of aromatic hydroxyl groups is 1. The second-order valence-corrected chi connectivity index (χ2v) is 6.41. The molecule has 0 aliphatic carbocycles. The van der Waals surface area contributed by atoms with E-state index >= 15 is 0 Å².